The van der Waals surface area contributed by atoms with E-state index in [1.165, 1.54) is 4.31 Å². The summed E-state index contributed by atoms with van der Waals surface area (Å²) in [5.41, 5.74) is 0.910. The van der Waals surface area contributed by atoms with Gasteiger partial charge in [0.05, 0.1) is 18.6 Å². The molecule has 0 spiro atoms. The maximum Gasteiger partial charge on any atom is 0.243 e. The van der Waals surface area contributed by atoms with Crippen LogP contribution in [0.2, 0.25) is 0 Å². The first-order chi connectivity index (χ1) is 12.5. The molecule has 1 aromatic heterocycles. The number of benzene rings is 2. The van der Waals surface area contributed by atoms with E-state index in [0.29, 0.717) is 11.5 Å². The highest BCUT2D eigenvalue weighted by Crippen LogP contribution is 2.23. The summed E-state index contributed by atoms with van der Waals surface area (Å²) in [5.74, 6) is 1.97. The minimum atomic E-state index is -3.70. The van der Waals surface area contributed by atoms with Crippen LogP contribution in [0.5, 0.6) is 5.75 Å². The zero-order chi connectivity index (χ0) is 18.6. The number of methoxy groups -OCH3 is 1. The quantitative estimate of drug-likeness (QED) is 0.630. The molecule has 0 unspecified atom stereocenters. The molecule has 0 bridgehead atoms. The molecule has 0 saturated heterocycles. The molecular formula is C20H21NO4S. The average molecular weight is 371 g/mol. The summed E-state index contributed by atoms with van der Waals surface area (Å²) in [4.78, 5) is 0.220. The number of hydrogen-bond donors (Lipinski definition) is 0. The van der Waals surface area contributed by atoms with Crippen molar-refractivity contribution in [2.45, 2.75) is 24.9 Å². The van der Waals surface area contributed by atoms with Crippen LogP contribution in [0.4, 0.5) is 0 Å². The van der Waals surface area contributed by atoms with Gasteiger partial charge in [-0.1, -0.05) is 30.3 Å². The number of ether oxygens (including phenoxy) is 1. The third-order valence-electron chi connectivity index (χ3n) is 4.03. The van der Waals surface area contributed by atoms with Crippen molar-refractivity contribution in [3.05, 3.63) is 83.8 Å². The van der Waals surface area contributed by atoms with Crippen molar-refractivity contribution in [1.82, 2.24) is 4.31 Å². The number of aryl methyl sites for hydroxylation is 1. The highest BCUT2D eigenvalue weighted by molar-refractivity contribution is 7.89. The van der Waals surface area contributed by atoms with Crippen molar-refractivity contribution in [2.75, 3.05) is 7.11 Å². The predicted molar refractivity (Wildman–Crippen MR) is 99.3 cm³/mol. The molecule has 6 heteroatoms. The van der Waals surface area contributed by atoms with Crippen molar-refractivity contribution >= 4 is 10.0 Å². The molecule has 0 saturated carbocycles. The van der Waals surface area contributed by atoms with E-state index in [9.17, 15) is 8.42 Å². The van der Waals surface area contributed by atoms with E-state index in [0.717, 1.165) is 11.3 Å². The summed E-state index contributed by atoms with van der Waals surface area (Å²) in [6.07, 6.45) is 0. The van der Waals surface area contributed by atoms with Crippen molar-refractivity contribution in [3.8, 4) is 5.75 Å². The van der Waals surface area contributed by atoms with Gasteiger partial charge in [0, 0.05) is 6.54 Å². The second-order valence-corrected chi connectivity index (χ2v) is 7.88. The molecule has 0 amide bonds. The van der Waals surface area contributed by atoms with E-state index in [2.05, 4.69) is 0 Å². The minimum Gasteiger partial charge on any atom is -0.497 e. The van der Waals surface area contributed by atoms with Crippen LogP contribution in [0.15, 0.2) is 76.0 Å². The highest BCUT2D eigenvalue weighted by atomic mass is 32.2. The van der Waals surface area contributed by atoms with Gasteiger partial charge in [0.1, 0.15) is 17.3 Å². The highest BCUT2D eigenvalue weighted by Gasteiger charge is 2.26. The third-order valence-corrected chi connectivity index (χ3v) is 5.83. The van der Waals surface area contributed by atoms with E-state index >= 15 is 0 Å². The van der Waals surface area contributed by atoms with Gasteiger partial charge in [0.25, 0.3) is 0 Å². The number of hydrogen-bond acceptors (Lipinski definition) is 4. The van der Waals surface area contributed by atoms with E-state index in [4.69, 9.17) is 9.15 Å². The van der Waals surface area contributed by atoms with Crippen LogP contribution in [0, 0.1) is 6.92 Å². The fourth-order valence-corrected chi connectivity index (χ4v) is 4.05. The standard InChI is InChI=1S/C20H21NO4S/c1-16-8-9-19(25-16)15-21(14-17-6-4-3-5-7-17)26(22,23)20-12-10-18(24-2)11-13-20/h3-13H,14-15H2,1-2H3. The maximum atomic E-state index is 13.2. The van der Waals surface area contributed by atoms with Crippen LogP contribution in [0.3, 0.4) is 0 Å². The molecule has 5 nitrogen and oxygen atoms in total. The molecular weight excluding hydrogens is 350 g/mol. The maximum absolute atomic E-state index is 13.2. The average Bonchev–Trinajstić information content (AvgIpc) is 3.07. The first-order valence-corrected chi connectivity index (χ1v) is 9.66. The summed E-state index contributed by atoms with van der Waals surface area (Å²) < 4.78 is 38.5. The summed E-state index contributed by atoms with van der Waals surface area (Å²) in [5, 5.41) is 0. The number of sulfonamides is 1. The van der Waals surface area contributed by atoms with Gasteiger partial charge in [-0.15, -0.1) is 0 Å². The Kier molecular flexibility index (Phi) is 5.44. The molecule has 3 aromatic rings. The van der Waals surface area contributed by atoms with Crippen LogP contribution in [0.1, 0.15) is 17.1 Å². The number of rotatable bonds is 7. The van der Waals surface area contributed by atoms with E-state index in [1.54, 1.807) is 37.4 Å². The van der Waals surface area contributed by atoms with Crippen molar-refractivity contribution in [3.63, 3.8) is 0 Å². The van der Waals surface area contributed by atoms with Gasteiger partial charge in [0.15, 0.2) is 0 Å². The van der Waals surface area contributed by atoms with Gasteiger partial charge in [-0.3, -0.25) is 0 Å². The van der Waals surface area contributed by atoms with Crippen LogP contribution in [-0.4, -0.2) is 19.8 Å². The normalized spacial score (nSPS) is 11.7. The topological polar surface area (TPSA) is 59.8 Å². The van der Waals surface area contributed by atoms with Crippen molar-refractivity contribution < 1.29 is 17.6 Å². The summed E-state index contributed by atoms with van der Waals surface area (Å²) in [6.45, 7) is 2.26. The Morgan fingerprint density at radius 1 is 0.923 bits per heavy atom. The van der Waals surface area contributed by atoms with E-state index < -0.39 is 10.0 Å². The predicted octanol–water partition coefficient (Wildman–Crippen LogP) is 3.99. The second-order valence-electron chi connectivity index (χ2n) is 5.95. The lowest BCUT2D eigenvalue weighted by Crippen LogP contribution is -2.30. The van der Waals surface area contributed by atoms with Gasteiger partial charge in [-0.2, -0.15) is 4.31 Å². The van der Waals surface area contributed by atoms with Gasteiger partial charge in [-0.05, 0) is 48.9 Å². The molecule has 0 radical (unpaired) electrons. The first kappa shape index (κ1) is 18.2. The molecule has 2 aromatic carbocycles. The third kappa shape index (κ3) is 4.15. The smallest absolute Gasteiger partial charge is 0.243 e. The Labute approximate surface area is 153 Å². The Hall–Kier alpha value is -2.57. The Balaban J connectivity index is 1.94. The second kappa shape index (κ2) is 7.76. The molecule has 1 heterocycles. The van der Waals surface area contributed by atoms with Gasteiger partial charge < -0.3 is 9.15 Å². The molecule has 0 N–H and O–H groups in total. The molecule has 136 valence electrons. The Bertz CT molecular complexity index is 947. The summed E-state index contributed by atoms with van der Waals surface area (Å²) in [6, 6.07) is 19.5. The lowest BCUT2D eigenvalue weighted by molar-refractivity contribution is 0.353. The van der Waals surface area contributed by atoms with Crippen molar-refractivity contribution in [1.29, 1.82) is 0 Å². The zero-order valence-corrected chi connectivity index (χ0v) is 15.6. The Morgan fingerprint density at radius 3 is 2.19 bits per heavy atom. The van der Waals surface area contributed by atoms with Crippen LogP contribution in [-0.2, 0) is 23.1 Å². The molecule has 26 heavy (non-hydrogen) atoms. The molecule has 0 fully saturated rings. The molecule has 0 aliphatic carbocycles. The Morgan fingerprint density at radius 2 is 1.62 bits per heavy atom. The fraction of sp³-hybridized carbons (Fsp3) is 0.200. The first-order valence-electron chi connectivity index (χ1n) is 8.22. The monoisotopic (exact) mass is 371 g/mol. The van der Waals surface area contributed by atoms with Gasteiger partial charge >= 0.3 is 0 Å². The fourth-order valence-electron chi connectivity index (χ4n) is 2.65. The van der Waals surface area contributed by atoms with Crippen molar-refractivity contribution in [2.24, 2.45) is 0 Å². The lowest BCUT2D eigenvalue weighted by Gasteiger charge is -2.21. The summed E-state index contributed by atoms with van der Waals surface area (Å²) in [7, 11) is -2.15. The van der Waals surface area contributed by atoms with Crippen LogP contribution >= 0.6 is 0 Å². The minimum absolute atomic E-state index is 0.164. The van der Waals surface area contributed by atoms with Gasteiger partial charge in [0.2, 0.25) is 10.0 Å². The van der Waals surface area contributed by atoms with Gasteiger partial charge in [-0.25, -0.2) is 8.42 Å². The largest absolute Gasteiger partial charge is 0.497 e. The molecule has 0 atom stereocenters. The molecule has 0 aliphatic heterocycles. The van der Waals surface area contributed by atoms with Crippen LogP contribution in [0.25, 0.3) is 0 Å². The SMILES string of the molecule is COc1ccc(S(=O)(=O)N(Cc2ccccc2)Cc2ccc(C)o2)cc1. The molecule has 3 rings (SSSR count). The lowest BCUT2D eigenvalue weighted by atomic mass is 10.2. The van der Waals surface area contributed by atoms with E-state index in [-0.39, 0.29) is 18.0 Å². The number of nitrogens with zero attached hydrogens (tertiary/aromatic N) is 1. The zero-order valence-electron chi connectivity index (χ0n) is 14.8. The number of furan rings is 1. The van der Waals surface area contributed by atoms with E-state index in [1.807, 2.05) is 43.3 Å². The molecule has 0 aliphatic rings. The summed E-state index contributed by atoms with van der Waals surface area (Å²) >= 11 is 0. The van der Waals surface area contributed by atoms with Crippen LogP contribution < -0.4 is 4.74 Å².